The van der Waals surface area contributed by atoms with Crippen LogP contribution in [0.2, 0.25) is 0 Å². The van der Waals surface area contributed by atoms with Gasteiger partial charge >= 0.3 is 27.3 Å². The van der Waals surface area contributed by atoms with Gasteiger partial charge in [0.15, 0.2) is 0 Å². The third-order valence-electron chi connectivity index (χ3n) is 7.14. The van der Waals surface area contributed by atoms with E-state index in [1.54, 1.807) is 0 Å². The molecule has 3 saturated carbocycles. The third-order valence-corrected chi connectivity index (χ3v) is 8.08. The number of hydrogen-bond acceptors (Lipinski definition) is 5. The van der Waals surface area contributed by atoms with E-state index in [0.717, 1.165) is 32.1 Å². The van der Waals surface area contributed by atoms with Crippen molar-refractivity contribution >= 4 is 16.1 Å². The smallest absolute Gasteiger partial charge is 0.431 e. The van der Waals surface area contributed by atoms with E-state index in [9.17, 15) is 35.9 Å². The Morgan fingerprint density at radius 1 is 1.17 bits per heavy atom. The van der Waals surface area contributed by atoms with Crippen LogP contribution in [-0.2, 0) is 19.6 Å². The first-order valence-corrected chi connectivity index (χ1v) is 11.2. The van der Waals surface area contributed by atoms with Gasteiger partial charge in [-0.15, -0.1) is 0 Å². The minimum Gasteiger partial charge on any atom is -0.465 e. The molecule has 3 aliphatic rings. The maximum absolute atomic E-state index is 13.5. The molecular formula is C18H26F4O6S. The van der Waals surface area contributed by atoms with Gasteiger partial charge in [-0.1, -0.05) is 6.42 Å². The highest BCUT2D eigenvalue weighted by molar-refractivity contribution is 7.87. The number of carbonyl (C=O) groups excluding carboxylic acids is 1. The van der Waals surface area contributed by atoms with Gasteiger partial charge in [0.1, 0.15) is 0 Å². The molecule has 6 unspecified atom stereocenters. The summed E-state index contributed by atoms with van der Waals surface area (Å²) in [4.78, 5) is 12.3. The highest BCUT2D eigenvalue weighted by Crippen LogP contribution is 2.58. The summed E-state index contributed by atoms with van der Waals surface area (Å²) < 4.78 is 87.3. The number of carbonyl (C=O) groups is 1. The second-order valence-electron chi connectivity index (χ2n) is 8.97. The molecular weight excluding hydrogens is 420 g/mol. The number of alkyl halides is 4. The van der Waals surface area contributed by atoms with Crippen LogP contribution in [0.5, 0.6) is 0 Å². The van der Waals surface area contributed by atoms with Crippen LogP contribution in [0.1, 0.15) is 51.9 Å². The standard InChI is InChI=1S/C18H26F4O6S/c1-16(24)4-2-3-14(16)12-8-11-7-10(12)9-13(11)15(23)28-6-5-17(19,20)18(21,22)29(25,26)27/h10-14,24H,2-9H2,1H3,(H,25,26,27). The molecule has 0 radical (unpaired) electrons. The van der Waals surface area contributed by atoms with Gasteiger partial charge in [0.05, 0.1) is 24.5 Å². The second kappa shape index (κ2) is 7.33. The molecule has 168 valence electrons. The minimum atomic E-state index is -6.30. The van der Waals surface area contributed by atoms with Crippen LogP contribution in [-0.4, -0.2) is 47.4 Å². The molecule has 0 saturated heterocycles. The summed E-state index contributed by atoms with van der Waals surface area (Å²) in [5.74, 6) is -5.60. The molecule has 2 N–H and O–H groups in total. The molecule has 6 nitrogen and oxygen atoms in total. The molecule has 11 heteroatoms. The van der Waals surface area contributed by atoms with E-state index >= 15 is 0 Å². The Kier molecular flexibility index (Phi) is 5.75. The van der Waals surface area contributed by atoms with Crippen molar-refractivity contribution < 1.29 is 45.2 Å². The SMILES string of the molecule is CC1(O)CCCC1C1CC2CC1CC2C(=O)OCCC(F)(F)C(F)(F)S(=O)(=O)O. The first kappa shape index (κ1) is 22.7. The molecule has 29 heavy (non-hydrogen) atoms. The van der Waals surface area contributed by atoms with E-state index < -0.39 is 51.8 Å². The fraction of sp³-hybridized carbons (Fsp3) is 0.944. The van der Waals surface area contributed by atoms with E-state index in [4.69, 9.17) is 9.29 Å². The zero-order chi connectivity index (χ0) is 21.8. The number of hydrogen-bond donors (Lipinski definition) is 2. The van der Waals surface area contributed by atoms with E-state index in [1.807, 2.05) is 6.92 Å². The van der Waals surface area contributed by atoms with Crippen LogP contribution in [0.25, 0.3) is 0 Å². The summed E-state index contributed by atoms with van der Waals surface area (Å²) in [6, 6.07) is 0. The van der Waals surface area contributed by atoms with E-state index in [-0.39, 0.29) is 17.8 Å². The molecule has 3 rings (SSSR count). The predicted octanol–water partition coefficient (Wildman–Crippen LogP) is 3.25. The highest BCUT2D eigenvalue weighted by Gasteiger charge is 2.65. The topological polar surface area (TPSA) is 101 Å². The third kappa shape index (κ3) is 4.01. The lowest BCUT2D eigenvalue weighted by atomic mass is 9.71. The average Bonchev–Trinajstić information content (AvgIpc) is 3.26. The molecule has 0 aliphatic heterocycles. The maximum atomic E-state index is 13.5. The minimum absolute atomic E-state index is 0.00803. The van der Waals surface area contributed by atoms with Gasteiger partial charge in [0.2, 0.25) is 0 Å². The fourth-order valence-electron chi connectivity index (χ4n) is 5.67. The lowest BCUT2D eigenvalue weighted by molar-refractivity contribution is -0.176. The van der Waals surface area contributed by atoms with Crippen LogP contribution in [0.15, 0.2) is 0 Å². The normalized spacial score (nSPS) is 37.8. The molecule has 6 atom stereocenters. The molecule has 0 spiro atoms. The maximum Gasteiger partial charge on any atom is 0.431 e. The van der Waals surface area contributed by atoms with Crippen molar-refractivity contribution in [2.24, 2.45) is 29.6 Å². The first-order valence-electron chi connectivity index (χ1n) is 9.79. The van der Waals surface area contributed by atoms with Gasteiger partial charge in [0.25, 0.3) is 0 Å². The monoisotopic (exact) mass is 446 g/mol. The Bertz CT molecular complexity index is 753. The van der Waals surface area contributed by atoms with Gasteiger partial charge in [-0.2, -0.15) is 26.0 Å². The second-order valence-corrected chi connectivity index (χ2v) is 10.4. The predicted molar refractivity (Wildman–Crippen MR) is 92.8 cm³/mol. The summed E-state index contributed by atoms with van der Waals surface area (Å²) >= 11 is 0. The lowest BCUT2D eigenvalue weighted by Crippen LogP contribution is -2.47. The zero-order valence-corrected chi connectivity index (χ0v) is 16.8. The van der Waals surface area contributed by atoms with Crippen molar-refractivity contribution in [2.45, 2.75) is 68.6 Å². The Morgan fingerprint density at radius 2 is 1.83 bits per heavy atom. The van der Waals surface area contributed by atoms with Crippen LogP contribution in [0.3, 0.4) is 0 Å². The molecule has 0 heterocycles. The molecule has 2 bridgehead atoms. The fourth-order valence-corrected chi connectivity index (χ4v) is 6.15. The van der Waals surface area contributed by atoms with Crippen LogP contribution in [0.4, 0.5) is 17.6 Å². The number of aliphatic hydroxyl groups is 1. The van der Waals surface area contributed by atoms with Gasteiger partial charge in [0, 0.05) is 0 Å². The zero-order valence-electron chi connectivity index (χ0n) is 16.0. The molecule has 0 aromatic heterocycles. The molecule has 0 aromatic rings. The van der Waals surface area contributed by atoms with Gasteiger partial charge in [-0.05, 0) is 62.7 Å². The summed E-state index contributed by atoms with van der Waals surface area (Å²) in [6.45, 7) is 0.760. The van der Waals surface area contributed by atoms with E-state index in [1.165, 1.54) is 0 Å². The Hall–Kier alpha value is -0.940. The molecule has 0 aromatic carbocycles. The number of esters is 1. The number of fused-ring (bicyclic) bond motifs is 2. The Balaban J connectivity index is 1.51. The largest absolute Gasteiger partial charge is 0.465 e. The van der Waals surface area contributed by atoms with Crippen molar-refractivity contribution in [3.8, 4) is 0 Å². The van der Waals surface area contributed by atoms with Crippen molar-refractivity contribution in [1.29, 1.82) is 0 Å². The van der Waals surface area contributed by atoms with Gasteiger partial charge < -0.3 is 9.84 Å². The van der Waals surface area contributed by atoms with E-state index in [0.29, 0.717) is 12.3 Å². The Morgan fingerprint density at radius 3 is 2.31 bits per heavy atom. The van der Waals surface area contributed by atoms with Crippen molar-refractivity contribution in [1.82, 2.24) is 0 Å². The summed E-state index contributed by atoms with van der Waals surface area (Å²) in [5.41, 5.74) is -0.713. The van der Waals surface area contributed by atoms with Gasteiger partial charge in [-0.3, -0.25) is 9.35 Å². The summed E-state index contributed by atoms with van der Waals surface area (Å²) in [6.07, 6.45) is 2.96. The summed E-state index contributed by atoms with van der Waals surface area (Å²) in [7, 11) is -6.30. The first-order chi connectivity index (χ1) is 13.2. The van der Waals surface area contributed by atoms with Crippen LogP contribution in [0, 0.1) is 29.6 Å². The van der Waals surface area contributed by atoms with Crippen molar-refractivity contribution in [3.63, 3.8) is 0 Å². The van der Waals surface area contributed by atoms with Crippen LogP contribution < -0.4 is 0 Å². The number of halogens is 4. The Labute approximate surface area is 166 Å². The number of ether oxygens (including phenoxy) is 1. The molecule has 0 amide bonds. The molecule has 3 fully saturated rings. The highest BCUT2D eigenvalue weighted by atomic mass is 32.2. The number of rotatable bonds is 7. The lowest BCUT2D eigenvalue weighted by Gasteiger charge is -2.37. The van der Waals surface area contributed by atoms with Crippen LogP contribution >= 0.6 is 0 Å². The summed E-state index contributed by atoms with van der Waals surface area (Å²) in [5, 5.41) is 4.89. The quantitative estimate of drug-likeness (QED) is 0.354. The van der Waals surface area contributed by atoms with Crippen molar-refractivity contribution in [3.05, 3.63) is 0 Å². The average molecular weight is 446 g/mol. The van der Waals surface area contributed by atoms with E-state index in [2.05, 4.69) is 0 Å². The molecule has 3 aliphatic carbocycles. The van der Waals surface area contributed by atoms with Gasteiger partial charge in [-0.25, -0.2) is 0 Å². The van der Waals surface area contributed by atoms with Crippen molar-refractivity contribution in [2.75, 3.05) is 6.61 Å².